The van der Waals surface area contributed by atoms with E-state index in [2.05, 4.69) is 20.1 Å². The summed E-state index contributed by atoms with van der Waals surface area (Å²) >= 11 is 1.13. The fraction of sp³-hybridized carbons (Fsp3) is 0.333. The van der Waals surface area contributed by atoms with Crippen molar-refractivity contribution in [3.8, 4) is 0 Å². The standard InChI is InChI=1S/C15H16N6O4S2/c1-20-2-3-21-15(20)10(5-16-21)14(23)19-12-8-27(24,25)7-11(12)18-13(22)9-4-17-26-6-9/h2-6,11-12H,7-8H2,1H3,(H,18,22)(H,19,23)/t11-,12-/m1/s1. The number of imidazole rings is 1. The SMILES string of the molecule is Cn1ccn2ncc(C(=O)N[C@@H]3CS(=O)(=O)C[C@H]3NC(=O)c3cnsc3)c12. The van der Waals surface area contributed by atoms with Crippen LogP contribution in [0.15, 0.2) is 30.2 Å². The van der Waals surface area contributed by atoms with Crippen LogP contribution in [0.25, 0.3) is 5.65 Å². The van der Waals surface area contributed by atoms with Crippen LogP contribution < -0.4 is 10.6 Å². The molecule has 2 N–H and O–H groups in total. The Balaban J connectivity index is 1.54. The van der Waals surface area contributed by atoms with Crippen molar-refractivity contribution in [1.29, 1.82) is 0 Å². The van der Waals surface area contributed by atoms with Gasteiger partial charge in [-0.2, -0.15) is 5.10 Å². The molecule has 0 saturated carbocycles. The third-order valence-electron chi connectivity index (χ3n) is 4.46. The average Bonchev–Trinajstić information content (AvgIpc) is 3.34. The Hall–Kier alpha value is -2.73. The smallest absolute Gasteiger partial charge is 0.257 e. The van der Waals surface area contributed by atoms with Crippen LogP contribution in [-0.2, 0) is 16.9 Å². The van der Waals surface area contributed by atoms with Crippen LogP contribution in [0.1, 0.15) is 20.7 Å². The summed E-state index contributed by atoms with van der Waals surface area (Å²) in [5.41, 5.74) is 1.29. The molecule has 4 heterocycles. The highest BCUT2D eigenvalue weighted by Gasteiger charge is 2.40. The number of nitrogens with zero attached hydrogens (tertiary/aromatic N) is 4. The van der Waals surface area contributed by atoms with Gasteiger partial charge in [-0.25, -0.2) is 17.3 Å². The van der Waals surface area contributed by atoms with E-state index in [1.54, 1.807) is 33.9 Å². The molecule has 10 nitrogen and oxygen atoms in total. The quantitative estimate of drug-likeness (QED) is 0.597. The predicted octanol–water partition coefficient (Wildman–Crippen LogP) is -0.545. The van der Waals surface area contributed by atoms with Crippen LogP contribution in [0, 0.1) is 0 Å². The fourth-order valence-electron chi connectivity index (χ4n) is 3.16. The second kappa shape index (κ2) is 6.46. The van der Waals surface area contributed by atoms with E-state index in [1.807, 2.05) is 0 Å². The number of fused-ring (bicyclic) bond motifs is 1. The first-order valence-electron chi connectivity index (χ1n) is 8.04. The Labute approximate surface area is 158 Å². The lowest BCUT2D eigenvalue weighted by Gasteiger charge is -2.20. The summed E-state index contributed by atoms with van der Waals surface area (Å²) in [5, 5.41) is 11.1. The van der Waals surface area contributed by atoms with E-state index in [4.69, 9.17) is 0 Å². The Kier molecular flexibility index (Phi) is 4.23. The largest absolute Gasteiger partial charge is 0.346 e. The summed E-state index contributed by atoms with van der Waals surface area (Å²) in [6, 6.07) is -1.45. The van der Waals surface area contributed by atoms with Crippen LogP contribution in [0.5, 0.6) is 0 Å². The van der Waals surface area contributed by atoms with Gasteiger partial charge < -0.3 is 15.2 Å². The Morgan fingerprint density at radius 3 is 2.52 bits per heavy atom. The third kappa shape index (κ3) is 3.32. The van der Waals surface area contributed by atoms with Gasteiger partial charge in [0.25, 0.3) is 11.8 Å². The molecule has 0 spiro atoms. The van der Waals surface area contributed by atoms with Gasteiger partial charge in [0.15, 0.2) is 9.84 Å². The van der Waals surface area contributed by atoms with E-state index in [0.717, 1.165) is 11.5 Å². The van der Waals surface area contributed by atoms with E-state index in [0.29, 0.717) is 16.8 Å². The normalized spacial score (nSPS) is 21.4. The Morgan fingerprint density at radius 2 is 1.85 bits per heavy atom. The lowest BCUT2D eigenvalue weighted by molar-refractivity contribution is 0.0897. The predicted molar refractivity (Wildman–Crippen MR) is 97.4 cm³/mol. The van der Waals surface area contributed by atoms with Gasteiger partial charge >= 0.3 is 0 Å². The van der Waals surface area contributed by atoms with E-state index in [9.17, 15) is 18.0 Å². The summed E-state index contributed by atoms with van der Waals surface area (Å²) in [7, 11) is -1.60. The molecule has 0 bridgehead atoms. The van der Waals surface area contributed by atoms with E-state index in [-0.39, 0.29) is 11.5 Å². The van der Waals surface area contributed by atoms with Crippen LogP contribution >= 0.6 is 11.5 Å². The molecule has 2 amide bonds. The van der Waals surface area contributed by atoms with Gasteiger partial charge in [0, 0.05) is 24.8 Å². The second-order valence-corrected chi connectivity index (χ2v) is 9.20. The summed E-state index contributed by atoms with van der Waals surface area (Å²) in [6.45, 7) is 0. The van der Waals surface area contributed by atoms with Crippen LogP contribution in [-0.4, -0.2) is 62.4 Å². The highest BCUT2D eigenvalue weighted by atomic mass is 32.2. The maximum atomic E-state index is 12.7. The molecule has 142 valence electrons. The number of carbonyl (C=O) groups excluding carboxylic acids is 2. The molecule has 3 aromatic rings. The van der Waals surface area contributed by atoms with Gasteiger partial charge in [0.05, 0.1) is 41.5 Å². The molecule has 2 atom stereocenters. The van der Waals surface area contributed by atoms with Gasteiger partial charge in [-0.3, -0.25) is 9.59 Å². The van der Waals surface area contributed by atoms with Crippen molar-refractivity contribution in [1.82, 2.24) is 29.2 Å². The number of carbonyl (C=O) groups is 2. The van der Waals surface area contributed by atoms with Crippen molar-refractivity contribution >= 4 is 38.8 Å². The number of aromatic nitrogens is 4. The average molecular weight is 408 g/mol. The maximum Gasteiger partial charge on any atom is 0.257 e. The molecule has 1 saturated heterocycles. The highest BCUT2D eigenvalue weighted by Crippen LogP contribution is 2.16. The monoisotopic (exact) mass is 408 g/mol. The van der Waals surface area contributed by atoms with Crippen molar-refractivity contribution in [2.75, 3.05) is 11.5 Å². The molecule has 1 fully saturated rings. The number of amides is 2. The molecule has 3 aromatic heterocycles. The van der Waals surface area contributed by atoms with Crippen molar-refractivity contribution < 1.29 is 18.0 Å². The lowest BCUT2D eigenvalue weighted by Crippen LogP contribution is -2.50. The molecule has 0 radical (unpaired) electrons. The Morgan fingerprint density at radius 1 is 1.15 bits per heavy atom. The van der Waals surface area contributed by atoms with Crippen LogP contribution in [0.4, 0.5) is 0 Å². The zero-order chi connectivity index (χ0) is 19.2. The zero-order valence-electron chi connectivity index (χ0n) is 14.2. The van der Waals surface area contributed by atoms with Gasteiger partial charge in [0.2, 0.25) is 0 Å². The van der Waals surface area contributed by atoms with Crippen molar-refractivity contribution in [3.63, 3.8) is 0 Å². The number of aryl methyl sites for hydroxylation is 1. The van der Waals surface area contributed by atoms with Crippen molar-refractivity contribution in [2.24, 2.45) is 7.05 Å². The lowest BCUT2D eigenvalue weighted by atomic mass is 10.1. The molecular weight excluding hydrogens is 392 g/mol. The number of nitrogens with one attached hydrogen (secondary N) is 2. The van der Waals surface area contributed by atoms with Gasteiger partial charge in [-0.05, 0) is 11.5 Å². The van der Waals surface area contributed by atoms with Crippen LogP contribution in [0.2, 0.25) is 0 Å². The molecular formula is C15H16N6O4S2. The molecule has 1 aliphatic heterocycles. The topological polar surface area (TPSA) is 127 Å². The maximum absolute atomic E-state index is 12.7. The fourth-order valence-corrected chi connectivity index (χ4v) is 5.54. The minimum atomic E-state index is -3.38. The van der Waals surface area contributed by atoms with Crippen molar-refractivity contribution in [3.05, 3.63) is 41.3 Å². The number of sulfone groups is 1. The number of hydrogen-bond donors (Lipinski definition) is 2. The highest BCUT2D eigenvalue weighted by molar-refractivity contribution is 7.91. The summed E-state index contributed by atoms with van der Waals surface area (Å²) in [6.07, 6.45) is 6.32. The van der Waals surface area contributed by atoms with Crippen LogP contribution in [0.3, 0.4) is 0 Å². The number of hydrogen-bond acceptors (Lipinski definition) is 7. The van der Waals surface area contributed by atoms with E-state index in [1.165, 1.54) is 12.4 Å². The van der Waals surface area contributed by atoms with Gasteiger partial charge in [-0.1, -0.05) is 0 Å². The second-order valence-electron chi connectivity index (χ2n) is 6.39. The first-order chi connectivity index (χ1) is 12.8. The first-order valence-corrected chi connectivity index (χ1v) is 10.7. The van der Waals surface area contributed by atoms with E-state index >= 15 is 0 Å². The molecule has 27 heavy (non-hydrogen) atoms. The third-order valence-corrected chi connectivity index (χ3v) is 6.78. The van der Waals surface area contributed by atoms with E-state index < -0.39 is 33.7 Å². The first kappa shape index (κ1) is 17.7. The molecule has 0 aromatic carbocycles. The molecule has 0 aliphatic carbocycles. The van der Waals surface area contributed by atoms with Crippen molar-refractivity contribution in [2.45, 2.75) is 12.1 Å². The molecule has 0 unspecified atom stereocenters. The molecule has 4 rings (SSSR count). The number of rotatable bonds is 4. The minimum absolute atomic E-state index is 0.227. The van der Waals surface area contributed by atoms with Gasteiger partial charge in [-0.15, -0.1) is 0 Å². The zero-order valence-corrected chi connectivity index (χ0v) is 15.8. The summed E-state index contributed by atoms with van der Waals surface area (Å²) in [5.74, 6) is -1.32. The molecule has 1 aliphatic rings. The summed E-state index contributed by atoms with van der Waals surface area (Å²) < 4.78 is 31.3. The Bertz CT molecular complexity index is 1110. The minimum Gasteiger partial charge on any atom is -0.346 e. The molecule has 12 heteroatoms. The van der Waals surface area contributed by atoms with Gasteiger partial charge in [0.1, 0.15) is 11.2 Å². The summed E-state index contributed by atoms with van der Waals surface area (Å²) in [4.78, 5) is 25.0.